The summed E-state index contributed by atoms with van der Waals surface area (Å²) in [6.45, 7) is 0. The molecule has 0 saturated heterocycles. The summed E-state index contributed by atoms with van der Waals surface area (Å²) in [5, 5.41) is 6.57. The van der Waals surface area contributed by atoms with Crippen LogP contribution in [0.1, 0.15) is 5.82 Å². The summed E-state index contributed by atoms with van der Waals surface area (Å²) in [6, 6.07) is 12.8. The Balaban J connectivity index is 1.66. The van der Waals surface area contributed by atoms with Crippen LogP contribution in [0, 0.1) is 0 Å². The zero-order chi connectivity index (χ0) is 14.5. The molecule has 0 saturated carbocycles. The van der Waals surface area contributed by atoms with Gasteiger partial charge in [-0.15, -0.1) is 0 Å². The van der Waals surface area contributed by atoms with Gasteiger partial charge in [-0.05, 0) is 24.3 Å². The zero-order valence-corrected chi connectivity index (χ0v) is 11.1. The first-order valence-corrected chi connectivity index (χ1v) is 6.39. The Morgan fingerprint density at radius 3 is 2.76 bits per heavy atom. The van der Waals surface area contributed by atoms with E-state index < -0.39 is 0 Å². The summed E-state index contributed by atoms with van der Waals surface area (Å²) in [4.78, 5) is 20.0. The summed E-state index contributed by atoms with van der Waals surface area (Å²) < 4.78 is 5.12. The Labute approximate surface area is 120 Å². The number of carbonyl (C=O) groups is 1. The predicted molar refractivity (Wildman–Crippen MR) is 76.3 cm³/mol. The number of rotatable bonds is 4. The van der Waals surface area contributed by atoms with Crippen molar-refractivity contribution >= 4 is 11.6 Å². The first-order chi connectivity index (χ1) is 10.3. The molecule has 0 radical (unpaired) electrons. The number of hydrogen-bond donors (Lipinski definition) is 1. The molecule has 2 aromatic heterocycles. The van der Waals surface area contributed by atoms with E-state index in [1.807, 2.05) is 36.4 Å². The topological polar surface area (TPSA) is 80.9 Å². The van der Waals surface area contributed by atoms with Gasteiger partial charge in [-0.1, -0.05) is 23.4 Å². The van der Waals surface area contributed by atoms with Crippen LogP contribution in [0.5, 0.6) is 0 Å². The van der Waals surface area contributed by atoms with Crippen LogP contribution in [0.15, 0.2) is 59.4 Å². The average Bonchev–Trinajstić information content (AvgIpc) is 2.97. The molecule has 1 aromatic carbocycles. The van der Waals surface area contributed by atoms with Gasteiger partial charge in [-0.3, -0.25) is 9.78 Å². The van der Waals surface area contributed by atoms with Crippen molar-refractivity contribution in [1.82, 2.24) is 15.1 Å². The molecule has 3 aromatic rings. The van der Waals surface area contributed by atoms with Crippen LogP contribution in [0.3, 0.4) is 0 Å². The number of carbonyl (C=O) groups excluding carboxylic acids is 1. The highest BCUT2D eigenvalue weighted by Crippen LogP contribution is 2.15. The Bertz CT molecular complexity index is 726. The lowest BCUT2D eigenvalue weighted by atomic mass is 10.3. The molecule has 0 bridgehead atoms. The number of anilines is 1. The molecule has 2 heterocycles. The van der Waals surface area contributed by atoms with Crippen molar-refractivity contribution in [3.05, 3.63) is 60.7 Å². The smallest absolute Gasteiger partial charge is 0.259 e. The van der Waals surface area contributed by atoms with Gasteiger partial charge in [-0.25, -0.2) is 0 Å². The monoisotopic (exact) mass is 280 g/mol. The number of nitrogens with one attached hydrogen (secondary N) is 1. The Morgan fingerprint density at radius 1 is 1.14 bits per heavy atom. The maximum atomic E-state index is 11.9. The molecule has 6 nitrogen and oxygen atoms in total. The molecular weight excluding hydrogens is 268 g/mol. The second-order valence-electron chi connectivity index (χ2n) is 4.35. The number of benzene rings is 1. The van der Waals surface area contributed by atoms with E-state index in [0.717, 1.165) is 11.3 Å². The van der Waals surface area contributed by atoms with E-state index in [2.05, 4.69) is 20.4 Å². The van der Waals surface area contributed by atoms with E-state index in [4.69, 9.17) is 4.52 Å². The van der Waals surface area contributed by atoms with Gasteiger partial charge in [0.1, 0.15) is 0 Å². The fourth-order valence-corrected chi connectivity index (χ4v) is 1.80. The van der Waals surface area contributed by atoms with Crippen molar-refractivity contribution in [2.45, 2.75) is 6.42 Å². The number of aromatic nitrogens is 3. The first kappa shape index (κ1) is 13.0. The molecule has 0 aliphatic rings. The highest BCUT2D eigenvalue weighted by atomic mass is 16.5. The SMILES string of the molecule is O=C(Cc1noc(-c2cccnc2)n1)Nc1ccccc1. The van der Waals surface area contributed by atoms with E-state index in [-0.39, 0.29) is 12.3 Å². The molecule has 0 aliphatic carbocycles. The number of pyridine rings is 1. The fourth-order valence-electron chi connectivity index (χ4n) is 1.80. The molecule has 0 aliphatic heterocycles. The van der Waals surface area contributed by atoms with Gasteiger partial charge >= 0.3 is 0 Å². The highest BCUT2D eigenvalue weighted by molar-refractivity contribution is 5.91. The normalized spacial score (nSPS) is 10.3. The van der Waals surface area contributed by atoms with Crippen LogP contribution in [0.2, 0.25) is 0 Å². The van der Waals surface area contributed by atoms with Crippen LogP contribution in [-0.4, -0.2) is 21.0 Å². The van der Waals surface area contributed by atoms with Crippen molar-refractivity contribution in [2.24, 2.45) is 0 Å². The number of nitrogens with zero attached hydrogens (tertiary/aromatic N) is 3. The third kappa shape index (κ3) is 3.30. The lowest BCUT2D eigenvalue weighted by Crippen LogP contribution is -2.15. The van der Waals surface area contributed by atoms with Crippen molar-refractivity contribution < 1.29 is 9.32 Å². The van der Waals surface area contributed by atoms with E-state index in [1.165, 1.54) is 0 Å². The number of hydrogen-bond acceptors (Lipinski definition) is 5. The Kier molecular flexibility index (Phi) is 3.68. The van der Waals surface area contributed by atoms with Gasteiger partial charge in [0.15, 0.2) is 5.82 Å². The first-order valence-electron chi connectivity index (χ1n) is 6.39. The van der Waals surface area contributed by atoms with Gasteiger partial charge < -0.3 is 9.84 Å². The van der Waals surface area contributed by atoms with E-state index >= 15 is 0 Å². The van der Waals surface area contributed by atoms with E-state index in [0.29, 0.717) is 11.7 Å². The second kappa shape index (κ2) is 5.96. The minimum absolute atomic E-state index is 0.0542. The largest absolute Gasteiger partial charge is 0.334 e. The highest BCUT2D eigenvalue weighted by Gasteiger charge is 2.12. The molecule has 0 spiro atoms. The molecule has 104 valence electrons. The summed E-state index contributed by atoms with van der Waals surface area (Å²) in [5.41, 5.74) is 1.46. The lowest BCUT2D eigenvalue weighted by molar-refractivity contribution is -0.115. The Morgan fingerprint density at radius 2 is 2.00 bits per heavy atom. The summed E-state index contributed by atoms with van der Waals surface area (Å²) in [6.07, 6.45) is 3.34. The average molecular weight is 280 g/mol. The molecule has 0 atom stereocenters. The van der Waals surface area contributed by atoms with Gasteiger partial charge in [0.05, 0.1) is 12.0 Å². The zero-order valence-electron chi connectivity index (χ0n) is 11.1. The van der Waals surface area contributed by atoms with Crippen LogP contribution >= 0.6 is 0 Å². The molecule has 6 heteroatoms. The minimum Gasteiger partial charge on any atom is -0.334 e. The van der Waals surface area contributed by atoms with Crippen LogP contribution in [-0.2, 0) is 11.2 Å². The quantitative estimate of drug-likeness (QED) is 0.793. The van der Waals surface area contributed by atoms with Gasteiger partial charge in [0, 0.05) is 18.1 Å². The minimum atomic E-state index is -0.195. The standard InChI is InChI=1S/C15H12N4O2/c20-14(17-12-6-2-1-3-7-12)9-13-18-15(21-19-13)11-5-4-8-16-10-11/h1-8,10H,9H2,(H,17,20). The molecule has 1 N–H and O–H groups in total. The summed E-state index contributed by atoms with van der Waals surface area (Å²) in [5.74, 6) is 0.493. The van der Waals surface area contributed by atoms with E-state index in [9.17, 15) is 4.79 Å². The van der Waals surface area contributed by atoms with Gasteiger partial charge in [0.2, 0.25) is 5.91 Å². The second-order valence-corrected chi connectivity index (χ2v) is 4.35. The lowest BCUT2D eigenvalue weighted by Gasteiger charge is -2.01. The van der Waals surface area contributed by atoms with Crippen LogP contribution < -0.4 is 5.32 Å². The molecule has 21 heavy (non-hydrogen) atoms. The van der Waals surface area contributed by atoms with E-state index in [1.54, 1.807) is 18.5 Å². The number of amides is 1. The van der Waals surface area contributed by atoms with Crippen molar-refractivity contribution in [3.8, 4) is 11.5 Å². The maximum absolute atomic E-state index is 11.9. The molecular formula is C15H12N4O2. The van der Waals surface area contributed by atoms with Crippen LogP contribution in [0.4, 0.5) is 5.69 Å². The molecule has 0 fully saturated rings. The Hall–Kier alpha value is -3.02. The van der Waals surface area contributed by atoms with Crippen LogP contribution in [0.25, 0.3) is 11.5 Å². The van der Waals surface area contributed by atoms with Crippen molar-refractivity contribution in [1.29, 1.82) is 0 Å². The molecule has 0 unspecified atom stereocenters. The third-order valence-corrected chi connectivity index (χ3v) is 2.75. The van der Waals surface area contributed by atoms with Gasteiger partial charge in [-0.2, -0.15) is 4.98 Å². The maximum Gasteiger partial charge on any atom is 0.259 e. The number of para-hydroxylation sites is 1. The molecule has 3 rings (SSSR count). The third-order valence-electron chi connectivity index (χ3n) is 2.75. The predicted octanol–water partition coefficient (Wildman–Crippen LogP) is 2.31. The van der Waals surface area contributed by atoms with Gasteiger partial charge in [0.25, 0.3) is 5.89 Å². The van der Waals surface area contributed by atoms with Crippen molar-refractivity contribution in [2.75, 3.05) is 5.32 Å². The summed E-state index contributed by atoms with van der Waals surface area (Å²) in [7, 11) is 0. The molecule has 1 amide bonds. The summed E-state index contributed by atoms with van der Waals surface area (Å²) >= 11 is 0. The fraction of sp³-hybridized carbons (Fsp3) is 0.0667. The van der Waals surface area contributed by atoms with Crippen molar-refractivity contribution in [3.63, 3.8) is 0 Å².